The van der Waals surface area contributed by atoms with Crippen molar-refractivity contribution in [1.82, 2.24) is 5.32 Å². The van der Waals surface area contributed by atoms with Crippen LogP contribution in [0, 0.1) is 27.7 Å². The monoisotopic (exact) mass is 309 g/mol. The van der Waals surface area contributed by atoms with Crippen LogP contribution in [-0.2, 0) is 11.2 Å². The fourth-order valence-electron chi connectivity index (χ4n) is 2.65. The number of benzene rings is 2. The van der Waals surface area contributed by atoms with Crippen molar-refractivity contribution in [2.75, 3.05) is 0 Å². The molecule has 0 bridgehead atoms. The number of nitrogens with one attached hydrogen (secondary N) is 1. The lowest BCUT2D eigenvalue weighted by atomic mass is 10.0. The first kappa shape index (κ1) is 17.3. The zero-order valence-electron chi connectivity index (χ0n) is 14.9. The van der Waals surface area contributed by atoms with Gasteiger partial charge in [0.15, 0.2) is 0 Å². The molecule has 2 heteroatoms. The minimum absolute atomic E-state index is 0.0431. The summed E-state index contributed by atoms with van der Waals surface area (Å²) in [5.41, 5.74) is 7.50. The number of aryl methyl sites for hydroxylation is 5. The van der Waals surface area contributed by atoms with Gasteiger partial charge < -0.3 is 5.32 Å². The van der Waals surface area contributed by atoms with E-state index in [2.05, 4.69) is 69.4 Å². The second kappa shape index (κ2) is 7.45. The van der Waals surface area contributed by atoms with E-state index in [1.54, 1.807) is 0 Å². The summed E-state index contributed by atoms with van der Waals surface area (Å²) in [6.45, 7) is 10.5. The van der Waals surface area contributed by atoms with Gasteiger partial charge in [-0.05, 0) is 74.4 Å². The molecular weight excluding hydrogens is 282 g/mol. The number of rotatable bonds is 5. The lowest BCUT2D eigenvalue weighted by molar-refractivity contribution is -0.121. The maximum absolute atomic E-state index is 12.2. The zero-order chi connectivity index (χ0) is 17.0. The van der Waals surface area contributed by atoms with E-state index in [9.17, 15) is 4.79 Å². The Morgan fingerprint density at radius 2 is 1.52 bits per heavy atom. The van der Waals surface area contributed by atoms with Crippen LogP contribution in [0.2, 0.25) is 0 Å². The fraction of sp³-hybridized carbons (Fsp3) is 0.381. The second-order valence-corrected chi connectivity index (χ2v) is 6.55. The summed E-state index contributed by atoms with van der Waals surface area (Å²) in [5.74, 6) is 0.106. The quantitative estimate of drug-likeness (QED) is 0.850. The van der Waals surface area contributed by atoms with Crippen LogP contribution in [0.3, 0.4) is 0 Å². The third-order valence-electron chi connectivity index (χ3n) is 4.62. The van der Waals surface area contributed by atoms with Crippen LogP contribution in [0.5, 0.6) is 0 Å². The van der Waals surface area contributed by atoms with Gasteiger partial charge in [-0.2, -0.15) is 0 Å². The number of hydrogen-bond acceptors (Lipinski definition) is 1. The standard InChI is InChI=1S/C21H27NO/c1-14-6-8-19(12-16(14)3)9-11-21(23)22-18(5)20-10-7-15(2)17(4)13-20/h6-8,10,12-13,18H,9,11H2,1-5H3,(H,22,23)/t18-/m1/s1. The molecule has 23 heavy (non-hydrogen) atoms. The van der Waals surface area contributed by atoms with Gasteiger partial charge in [0.2, 0.25) is 5.91 Å². The molecule has 0 aromatic heterocycles. The molecule has 0 fully saturated rings. The molecule has 0 saturated heterocycles. The first-order chi connectivity index (χ1) is 10.9. The fourth-order valence-corrected chi connectivity index (χ4v) is 2.65. The molecular formula is C21H27NO. The largest absolute Gasteiger partial charge is 0.350 e. The Hall–Kier alpha value is -2.09. The van der Waals surface area contributed by atoms with Crippen molar-refractivity contribution in [3.63, 3.8) is 0 Å². The molecule has 1 N–H and O–H groups in total. The molecule has 0 saturated carbocycles. The van der Waals surface area contributed by atoms with Gasteiger partial charge in [0.05, 0.1) is 6.04 Å². The topological polar surface area (TPSA) is 29.1 Å². The Bertz CT molecular complexity index is 703. The van der Waals surface area contributed by atoms with Gasteiger partial charge in [0, 0.05) is 6.42 Å². The van der Waals surface area contributed by atoms with Crippen LogP contribution in [0.25, 0.3) is 0 Å². The van der Waals surface area contributed by atoms with E-state index >= 15 is 0 Å². The van der Waals surface area contributed by atoms with Crippen LogP contribution in [-0.4, -0.2) is 5.91 Å². The van der Waals surface area contributed by atoms with Crippen LogP contribution < -0.4 is 5.32 Å². The van der Waals surface area contributed by atoms with Crippen molar-refractivity contribution in [2.24, 2.45) is 0 Å². The van der Waals surface area contributed by atoms with Crippen molar-refractivity contribution in [3.8, 4) is 0 Å². The lowest BCUT2D eigenvalue weighted by Crippen LogP contribution is -2.26. The molecule has 1 atom stereocenters. The number of carbonyl (C=O) groups excluding carboxylic acids is 1. The molecule has 0 aliphatic carbocycles. The molecule has 2 nitrogen and oxygen atoms in total. The highest BCUT2D eigenvalue weighted by atomic mass is 16.1. The van der Waals surface area contributed by atoms with Crippen LogP contribution in [0.4, 0.5) is 0 Å². The van der Waals surface area contributed by atoms with Crippen molar-refractivity contribution < 1.29 is 4.79 Å². The van der Waals surface area contributed by atoms with Crippen LogP contribution in [0.15, 0.2) is 36.4 Å². The van der Waals surface area contributed by atoms with Crippen molar-refractivity contribution in [1.29, 1.82) is 0 Å². The Morgan fingerprint density at radius 3 is 2.13 bits per heavy atom. The predicted molar refractivity (Wildman–Crippen MR) is 96.7 cm³/mol. The van der Waals surface area contributed by atoms with E-state index in [-0.39, 0.29) is 11.9 Å². The second-order valence-electron chi connectivity index (χ2n) is 6.55. The van der Waals surface area contributed by atoms with Gasteiger partial charge >= 0.3 is 0 Å². The molecule has 122 valence electrons. The number of carbonyl (C=O) groups is 1. The van der Waals surface area contributed by atoms with Gasteiger partial charge in [0.25, 0.3) is 0 Å². The lowest BCUT2D eigenvalue weighted by Gasteiger charge is -2.16. The summed E-state index contributed by atoms with van der Waals surface area (Å²) in [6.07, 6.45) is 1.31. The summed E-state index contributed by atoms with van der Waals surface area (Å²) in [4.78, 5) is 12.2. The first-order valence-electron chi connectivity index (χ1n) is 8.29. The smallest absolute Gasteiger partial charge is 0.220 e. The van der Waals surface area contributed by atoms with Crippen LogP contribution in [0.1, 0.15) is 52.8 Å². The summed E-state index contributed by atoms with van der Waals surface area (Å²) in [5, 5.41) is 3.10. The molecule has 0 heterocycles. The summed E-state index contributed by atoms with van der Waals surface area (Å²) >= 11 is 0. The zero-order valence-corrected chi connectivity index (χ0v) is 14.9. The highest BCUT2D eigenvalue weighted by Crippen LogP contribution is 2.17. The highest BCUT2D eigenvalue weighted by molar-refractivity contribution is 5.76. The Morgan fingerprint density at radius 1 is 0.913 bits per heavy atom. The minimum Gasteiger partial charge on any atom is -0.350 e. The van der Waals surface area contributed by atoms with E-state index in [1.165, 1.54) is 27.8 Å². The average molecular weight is 309 g/mol. The third kappa shape index (κ3) is 4.69. The molecule has 2 aromatic rings. The van der Waals surface area contributed by atoms with Crippen molar-refractivity contribution >= 4 is 5.91 Å². The van der Waals surface area contributed by atoms with E-state index in [4.69, 9.17) is 0 Å². The van der Waals surface area contributed by atoms with Crippen LogP contribution >= 0.6 is 0 Å². The van der Waals surface area contributed by atoms with Gasteiger partial charge in [-0.3, -0.25) is 4.79 Å². The van der Waals surface area contributed by atoms with Gasteiger partial charge in [0.1, 0.15) is 0 Å². The Labute approximate surface area is 139 Å². The molecule has 0 unspecified atom stereocenters. The highest BCUT2D eigenvalue weighted by Gasteiger charge is 2.10. The molecule has 0 radical (unpaired) electrons. The van der Waals surface area contributed by atoms with Gasteiger partial charge in [-0.1, -0.05) is 36.4 Å². The van der Waals surface area contributed by atoms with Crippen molar-refractivity contribution in [3.05, 3.63) is 69.8 Å². The predicted octanol–water partition coefficient (Wildman–Crippen LogP) is 4.73. The van der Waals surface area contributed by atoms with Crippen molar-refractivity contribution in [2.45, 2.75) is 53.5 Å². The molecule has 0 aliphatic rings. The van der Waals surface area contributed by atoms with E-state index in [1.807, 2.05) is 6.92 Å². The molecule has 0 spiro atoms. The van der Waals surface area contributed by atoms with E-state index in [0.717, 1.165) is 12.0 Å². The third-order valence-corrected chi connectivity index (χ3v) is 4.62. The van der Waals surface area contributed by atoms with E-state index in [0.29, 0.717) is 6.42 Å². The first-order valence-corrected chi connectivity index (χ1v) is 8.29. The van der Waals surface area contributed by atoms with Gasteiger partial charge in [-0.15, -0.1) is 0 Å². The summed E-state index contributed by atoms with van der Waals surface area (Å²) < 4.78 is 0. The normalized spacial score (nSPS) is 12.0. The molecule has 0 aliphatic heterocycles. The average Bonchev–Trinajstić information content (AvgIpc) is 2.51. The molecule has 2 rings (SSSR count). The number of hydrogen-bond donors (Lipinski definition) is 1. The summed E-state index contributed by atoms with van der Waals surface area (Å²) in [7, 11) is 0. The minimum atomic E-state index is 0.0431. The Balaban J connectivity index is 1.90. The maximum Gasteiger partial charge on any atom is 0.220 e. The molecule has 2 aromatic carbocycles. The van der Waals surface area contributed by atoms with Gasteiger partial charge in [-0.25, -0.2) is 0 Å². The van der Waals surface area contributed by atoms with E-state index < -0.39 is 0 Å². The molecule has 1 amide bonds. The summed E-state index contributed by atoms with van der Waals surface area (Å²) in [6, 6.07) is 12.8. The maximum atomic E-state index is 12.2. The Kier molecular flexibility index (Phi) is 5.59. The SMILES string of the molecule is Cc1ccc(CCC(=O)N[C@H](C)c2ccc(C)c(C)c2)cc1C. The number of amides is 1.